The number of nitro groups is 1. The molecule has 0 spiro atoms. The molecule has 0 aliphatic heterocycles. The van der Waals surface area contributed by atoms with Crippen LogP contribution < -0.4 is 5.32 Å². The van der Waals surface area contributed by atoms with Crippen LogP contribution in [-0.4, -0.2) is 22.0 Å². The third-order valence-electron chi connectivity index (χ3n) is 3.94. The first-order valence-corrected chi connectivity index (χ1v) is 6.28. The summed E-state index contributed by atoms with van der Waals surface area (Å²) in [5.41, 5.74) is -1.19. The predicted octanol–water partition coefficient (Wildman–Crippen LogP) is 2.79. The average Bonchev–Trinajstić information content (AvgIpc) is 2.74. The number of carbonyl (C=O) groups is 1. The van der Waals surface area contributed by atoms with Crippen molar-refractivity contribution < 1.29 is 19.2 Å². The minimum absolute atomic E-state index is 0.0926. The van der Waals surface area contributed by atoms with Gasteiger partial charge >= 0.3 is 5.97 Å². The highest BCUT2D eigenvalue weighted by molar-refractivity contribution is 5.76. The van der Waals surface area contributed by atoms with Crippen LogP contribution in [-0.2, 0) is 4.79 Å². The smallest absolute Gasteiger partial charge is 0.311 e. The summed E-state index contributed by atoms with van der Waals surface area (Å²) in [5.74, 6) is -1.67. The van der Waals surface area contributed by atoms with E-state index >= 15 is 0 Å². The maximum Gasteiger partial charge on any atom is 0.311 e. The van der Waals surface area contributed by atoms with Crippen LogP contribution in [0, 0.1) is 21.3 Å². The van der Waals surface area contributed by atoms with Crippen LogP contribution in [0.2, 0.25) is 0 Å². The Kier molecular flexibility index (Phi) is 3.61. The van der Waals surface area contributed by atoms with Gasteiger partial charge in [0.1, 0.15) is 0 Å². The number of non-ortho nitro benzene ring substituents is 1. The van der Waals surface area contributed by atoms with E-state index in [9.17, 15) is 24.4 Å². The van der Waals surface area contributed by atoms with Crippen molar-refractivity contribution in [3.8, 4) is 0 Å². The van der Waals surface area contributed by atoms with E-state index in [0.29, 0.717) is 12.8 Å². The topological polar surface area (TPSA) is 92.5 Å². The number of carboxylic acid groups (broad SMARTS) is 1. The lowest BCUT2D eigenvalue weighted by atomic mass is 9.85. The summed E-state index contributed by atoms with van der Waals surface area (Å²) in [6, 6.07) is 2.90. The molecule has 1 aliphatic carbocycles. The van der Waals surface area contributed by atoms with E-state index in [-0.39, 0.29) is 11.4 Å². The van der Waals surface area contributed by atoms with Crippen LogP contribution in [0.25, 0.3) is 0 Å². The number of halogens is 1. The minimum atomic E-state index is -0.950. The van der Waals surface area contributed by atoms with E-state index < -0.39 is 28.2 Å². The highest BCUT2D eigenvalue weighted by Gasteiger charge is 2.45. The summed E-state index contributed by atoms with van der Waals surface area (Å²) in [7, 11) is 0. The number of nitrogens with zero attached hydrogens (tertiary/aromatic N) is 1. The third kappa shape index (κ3) is 2.43. The number of aliphatic carboxylic acids is 1. The van der Waals surface area contributed by atoms with Crippen molar-refractivity contribution >= 4 is 17.3 Å². The molecule has 0 radical (unpaired) electrons. The minimum Gasteiger partial charge on any atom is -0.481 e. The highest BCUT2D eigenvalue weighted by Crippen LogP contribution is 2.40. The standard InChI is InChI=1S/C13H15FN2O4/c1-13(12(17)18)6-2-3-11(13)15-10-5-4-8(16(19)20)7-9(10)14/h4-5,7,11,15H,2-3,6H2,1H3,(H,17,18). The molecule has 2 N–H and O–H groups in total. The van der Waals surface area contributed by atoms with Crippen molar-refractivity contribution in [2.45, 2.75) is 32.2 Å². The van der Waals surface area contributed by atoms with Crippen molar-refractivity contribution in [3.63, 3.8) is 0 Å². The van der Waals surface area contributed by atoms with Crippen molar-refractivity contribution in [2.24, 2.45) is 5.41 Å². The summed E-state index contributed by atoms with van der Waals surface area (Å²) in [6.07, 6.45) is 1.89. The molecule has 0 bridgehead atoms. The fourth-order valence-electron chi connectivity index (χ4n) is 2.58. The molecule has 0 saturated heterocycles. The monoisotopic (exact) mass is 282 g/mol. The van der Waals surface area contributed by atoms with Gasteiger partial charge in [-0.15, -0.1) is 0 Å². The zero-order chi connectivity index (χ0) is 14.9. The van der Waals surface area contributed by atoms with Gasteiger partial charge in [-0.05, 0) is 25.8 Å². The SMILES string of the molecule is CC1(C(=O)O)CCCC1Nc1ccc([N+](=O)[O-])cc1F. The molecule has 2 unspecified atom stereocenters. The second kappa shape index (κ2) is 5.07. The Morgan fingerprint density at radius 2 is 2.30 bits per heavy atom. The number of nitro benzene ring substituents is 1. The van der Waals surface area contributed by atoms with Gasteiger partial charge in [0, 0.05) is 12.1 Å². The van der Waals surface area contributed by atoms with Crippen LogP contribution >= 0.6 is 0 Å². The quantitative estimate of drug-likeness (QED) is 0.654. The molecule has 2 rings (SSSR count). The van der Waals surface area contributed by atoms with E-state index in [1.807, 2.05) is 0 Å². The van der Waals surface area contributed by atoms with Gasteiger partial charge in [-0.1, -0.05) is 6.42 Å². The second-order valence-corrected chi connectivity index (χ2v) is 5.23. The molecule has 0 heterocycles. The zero-order valence-corrected chi connectivity index (χ0v) is 10.9. The summed E-state index contributed by atoms with van der Waals surface area (Å²) < 4.78 is 13.8. The molecule has 7 heteroatoms. The molecule has 0 amide bonds. The average molecular weight is 282 g/mol. The highest BCUT2D eigenvalue weighted by atomic mass is 19.1. The van der Waals surface area contributed by atoms with Crippen LogP contribution in [0.1, 0.15) is 26.2 Å². The van der Waals surface area contributed by atoms with Gasteiger partial charge < -0.3 is 10.4 Å². The van der Waals surface area contributed by atoms with E-state index in [4.69, 9.17) is 0 Å². The first-order valence-electron chi connectivity index (χ1n) is 6.28. The van der Waals surface area contributed by atoms with Gasteiger partial charge in [0.15, 0.2) is 5.82 Å². The Morgan fingerprint density at radius 1 is 1.60 bits per heavy atom. The van der Waals surface area contributed by atoms with Gasteiger partial charge in [0.05, 0.1) is 22.1 Å². The maximum atomic E-state index is 13.8. The number of carboxylic acids is 1. The molecular formula is C13H15FN2O4. The Bertz CT molecular complexity index is 563. The molecular weight excluding hydrogens is 267 g/mol. The van der Waals surface area contributed by atoms with Gasteiger partial charge in [-0.25, -0.2) is 4.39 Å². The van der Waals surface area contributed by atoms with Gasteiger partial charge in [-0.2, -0.15) is 0 Å². The molecule has 1 aliphatic rings. The second-order valence-electron chi connectivity index (χ2n) is 5.23. The van der Waals surface area contributed by atoms with E-state index in [1.165, 1.54) is 12.1 Å². The predicted molar refractivity (Wildman–Crippen MR) is 70.1 cm³/mol. The van der Waals surface area contributed by atoms with Crippen LogP contribution in [0.4, 0.5) is 15.8 Å². The Hall–Kier alpha value is -2.18. The number of benzene rings is 1. The van der Waals surface area contributed by atoms with Crippen LogP contribution in [0.3, 0.4) is 0 Å². The van der Waals surface area contributed by atoms with Crippen molar-refractivity contribution in [2.75, 3.05) is 5.32 Å². The van der Waals surface area contributed by atoms with Crippen molar-refractivity contribution in [1.29, 1.82) is 0 Å². The number of hydrogen-bond acceptors (Lipinski definition) is 4. The summed E-state index contributed by atoms with van der Waals surface area (Å²) in [4.78, 5) is 21.2. The molecule has 1 aromatic rings. The molecule has 0 aromatic heterocycles. The number of rotatable bonds is 4. The lowest BCUT2D eigenvalue weighted by Crippen LogP contribution is -2.40. The Balaban J connectivity index is 2.22. The normalized spacial score (nSPS) is 25.4. The number of nitrogens with one attached hydrogen (secondary N) is 1. The molecule has 108 valence electrons. The molecule has 6 nitrogen and oxygen atoms in total. The maximum absolute atomic E-state index is 13.8. The van der Waals surface area contributed by atoms with Crippen molar-refractivity contribution in [3.05, 3.63) is 34.1 Å². The zero-order valence-electron chi connectivity index (χ0n) is 10.9. The molecule has 2 atom stereocenters. The van der Waals surface area contributed by atoms with Gasteiger partial charge in [0.25, 0.3) is 5.69 Å². The van der Waals surface area contributed by atoms with E-state index in [1.54, 1.807) is 6.92 Å². The Morgan fingerprint density at radius 3 is 2.85 bits per heavy atom. The summed E-state index contributed by atoms with van der Waals surface area (Å²) >= 11 is 0. The first-order chi connectivity index (χ1) is 9.34. The molecule has 20 heavy (non-hydrogen) atoms. The molecule has 1 aromatic carbocycles. The fourth-order valence-corrected chi connectivity index (χ4v) is 2.58. The Labute approximate surface area is 114 Å². The first kappa shape index (κ1) is 14.2. The van der Waals surface area contributed by atoms with Crippen LogP contribution in [0.5, 0.6) is 0 Å². The van der Waals surface area contributed by atoms with Gasteiger partial charge in [-0.3, -0.25) is 14.9 Å². The largest absolute Gasteiger partial charge is 0.481 e. The van der Waals surface area contributed by atoms with E-state index in [2.05, 4.69) is 5.32 Å². The van der Waals surface area contributed by atoms with Crippen molar-refractivity contribution in [1.82, 2.24) is 0 Å². The lowest BCUT2D eigenvalue weighted by molar-refractivity contribution is -0.385. The third-order valence-corrected chi connectivity index (χ3v) is 3.94. The van der Waals surface area contributed by atoms with Gasteiger partial charge in [0.2, 0.25) is 0 Å². The summed E-state index contributed by atoms with van der Waals surface area (Å²) in [5, 5.41) is 22.7. The fraction of sp³-hybridized carbons (Fsp3) is 0.462. The van der Waals surface area contributed by atoms with E-state index in [0.717, 1.165) is 12.5 Å². The molecule has 1 fully saturated rings. The van der Waals surface area contributed by atoms with Crippen LogP contribution in [0.15, 0.2) is 18.2 Å². The number of hydrogen-bond donors (Lipinski definition) is 2. The lowest BCUT2D eigenvalue weighted by Gasteiger charge is -2.28. The number of anilines is 1. The summed E-state index contributed by atoms with van der Waals surface area (Å²) in [6.45, 7) is 1.63. The molecule has 1 saturated carbocycles.